The first kappa shape index (κ1) is 12.0. The number of unbranched alkanes of at least 4 members (excludes halogenated alkanes) is 3. The minimum absolute atomic E-state index is 0.109. The second-order valence-corrected chi connectivity index (χ2v) is 3.36. The molecule has 1 unspecified atom stereocenters. The highest BCUT2D eigenvalue weighted by Gasteiger charge is 2.12. The van der Waals surface area contributed by atoms with Gasteiger partial charge < -0.3 is 5.73 Å². The Morgan fingerprint density at radius 1 is 1.46 bits per heavy atom. The number of amides is 1. The van der Waals surface area contributed by atoms with Crippen LogP contribution >= 0.6 is 0 Å². The molecule has 2 nitrogen and oxygen atoms in total. The number of nitrogens with two attached hydrogens (primary N) is 1. The highest BCUT2D eigenvalue weighted by atomic mass is 16.1. The van der Waals surface area contributed by atoms with Gasteiger partial charge in [-0.25, -0.2) is 0 Å². The molecule has 0 bridgehead atoms. The second kappa shape index (κ2) is 7.67. The molecule has 13 heavy (non-hydrogen) atoms. The van der Waals surface area contributed by atoms with Crippen molar-refractivity contribution in [1.82, 2.24) is 0 Å². The molecule has 0 aromatic rings. The van der Waals surface area contributed by atoms with E-state index in [9.17, 15) is 4.79 Å². The van der Waals surface area contributed by atoms with Crippen molar-refractivity contribution >= 4 is 5.91 Å². The van der Waals surface area contributed by atoms with Crippen LogP contribution in [0, 0.1) is 18.3 Å². The Labute approximate surface area is 80.9 Å². The van der Waals surface area contributed by atoms with Gasteiger partial charge in [-0.3, -0.25) is 4.79 Å². The third-order valence-electron chi connectivity index (χ3n) is 2.17. The van der Waals surface area contributed by atoms with Crippen LogP contribution in [0.5, 0.6) is 0 Å². The van der Waals surface area contributed by atoms with Crippen molar-refractivity contribution in [3.8, 4) is 12.3 Å². The van der Waals surface area contributed by atoms with E-state index in [4.69, 9.17) is 12.2 Å². The monoisotopic (exact) mass is 181 g/mol. The highest BCUT2D eigenvalue weighted by Crippen LogP contribution is 2.13. The lowest BCUT2D eigenvalue weighted by atomic mass is 9.97. The number of carbonyl (C=O) groups excluding carboxylic acids is 1. The molecule has 0 spiro atoms. The van der Waals surface area contributed by atoms with Gasteiger partial charge in [-0.15, -0.1) is 12.3 Å². The molecular formula is C11H19NO. The van der Waals surface area contributed by atoms with Crippen molar-refractivity contribution in [3.63, 3.8) is 0 Å². The van der Waals surface area contributed by atoms with Crippen molar-refractivity contribution in [3.05, 3.63) is 0 Å². The molecule has 0 rings (SSSR count). The Morgan fingerprint density at radius 2 is 2.15 bits per heavy atom. The first-order valence-corrected chi connectivity index (χ1v) is 4.95. The van der Waals surface area contributed by atoms with Gasteiger partial charge in [0.05, 0.1) is 0 Å². The van der Waals surface area contributed by atoms with Gasteiger partial charge in [0.1, 0.15) is 0 Å². The van der Waals surface area contributed by atoms with Gasteiger partial charge in [0.15, 0.2) is 0 Å². The first-order chi connectivity index (χ1) is 6.22. The maximum Gasteiger partial charge on any atom is 0.221 e. The predicted molar refractivity (Wildman–Crippen MR) is 54.9 cm³/mol. The summed E-state index contributed by atoms with van der Waals surface area (Å²) in [6.07, 6.45) is 11.1. The fourth-order valence-corrected chi connectivity index (χ4v) is 1.30. The van der Waals surface area contributed by atoms with Crippen molar-refractivity contribution in [2.75, 3.05) is 0 Å². The summed E-state index contributed by atoms with van der Waals surface area (Å²) in [5.74, 6) is 2.12. The van der Waals surface area contributed by atoms with Crippen LogP contribution in [0.2, 0.25) is 0 Å². The zero-order valence-corrected chi connectivity index (χ0v) is 8.38. The molecule has 0 aliphatic rings. The number of primary amides is 1. The van der Waals surface area contributed by atoms with E-state index in [1.165, 1.54) is 19.3 Å². The fraction of sp³-hybridized carbons (Fsp3) is 0.727. The number of rotatable bonds is 7. The summed E-state index contributed by atoms with van der Waals surface area (Å²) in [7, 11) is 0. The summed E-state index contributed by atoms with van der Waals surface area (Å²) >= 11 is 0. The van der Waals surface area contributed by atoms with Crippen molar-refractivity contribution in [1.29, 1.82) is 0 Å². The Hall–Kier alpha value is -0.970. The van der Waals surface area contributed by atoms with E-state index in [1.807, 2.05) is 0 Å². The quantitative estimate of drug-likeness (QED) is 0.474. The molecule has 2 heteroatoms. The molecular weight excluding hydrogens is 162 g/mol. The van der Waals surface area contributed by atoms with Crippen LogP contribution in [0.3, 0.4) is 0 Å². The van der Waals surface area contributed by atoms with Crippen LogP contribution in [0.25, 0.3) is 0 Å². The van der Waals surface area contributed by atoms with E-state index in [0.717, 1.165) is 12.8 Å². The molecule has 0 aromatic carbocycles. The molecule has 0 heterocycles. The molecule has 0 aliphatic carbocycles. The molecule has 0 aliphatic heterocycles. The Bertz CT molecular complexity index is 181. The zero-order valence-electron chi connectivity index (χ0n) is 8.38. The van der Waals surface area contributed by atoms with Crippen LogP contribution in [0.4, 0.5) is 0 Å². The lowest BCUT2D eigenvalue weighted by Gasteiger charge is -2.08. The summed E-state index contributed by atoms with van der Waals surface area (Å²) < 4.78 is 0. The lowest BCUT2D eigenvalue weighted by molar-refractivity contribution is -0.121. The average molecular weight is 181 g/mol. The van der Waals surface area contributed by atoms with E-state index in [0.29, 0.717) is 6.42 Å². The Kier molecular flexibility index (Phi) is 7.10. The maximum absolute atomic E-state index is 10.9. The molecule has 0 saturated carbocycles. The van der Waals surface area contributed by atoms with E-state index >= 15 is 0 Å². The highest BCUT2D eigenvalue weighted by molar-refractivity contribution is 5.76. The number of carbonyl (C=O) groups is 1. The minimum Gasteiger partial charge on any atom is -0.369 e. The third-order valence-corrected chi connectivity index (χ3v) is 2.17. The molecule has 74 valence electrons. The molecule has 0 saturated heterocycles. The largest absolute Gasteiger partial charge is 0.369 e. The first-order valence-electron chi connectivity index (χ1n) is 4.95. The van der Waals surface area contributed by atoms with E-state index in [1.54, 1.807) is 0 Å². The standard InChI is InChI=1S/C11H19NO/c1-3-5-6-7-9-10(8-4-2)11(12)13/h2,10H,3,5-9H2,1H3,(H2,12,13). The summed E-state index contributed by atoms with van der Waals surface area (Å²) in [6, 6.07) is 0. The number of terminal acetylenes is 1. The Morgan fingerprint density at radius 3 is 2.62 bits per heavy atom. The number of hydrogen-bond donors (Lipinski definition) is 1. The fourth-order valence-electron chi connectivity index (χ4n) is 1.30. The molecule has 0 aromatic heterocycles. The molecule has 0 fully saturated rings. The summed E-state index contributed by atoms with van der Waals surface area (Å²) in [5, 5.41) is 0. The zero-order chi connectivity index (χ0) is 10.1. The summed E-state index contributed by atoms with van der Waals surface area (Å²) in [6.45, 7) is 2.16. The second-order valence-electron chi connectivity index (χ2n) is 3.36. The molecule has 2 N–H and O–H groups in total. The Balaban J connectivity index is 3.58. The van der Waals surface area contributed by atoms with Crippen molar-refractivity contribution in [2.24, 2.45) is 11.7 Å². The van der Waals surface area contributed by atoms with Gasteiger partial charge in [0.25, 0.3) is 0 Å². The third kappa shape index (κ3) is 6.21. The molecule has 1 atom stereocenters. The average Bonchev–Trinajstić information content (AvgIpc) is 2.10. The van der Waals surface area contributed by atoms with E-state index in [2.05, 4.69) is 12.8 Å². The maximum atomic E-state index is 10.9. The van der Waals surface area contributed by atoms with Gasteiger partial charge in [-0.05, 0) is 6.42 Å². The van der Waals surface area contributed by atoms with E-state index < -0.39 is 0 Å². The summed E-state index contributed by atoms with van der Waals surface area (Å²) in [4.78, 5) is 10.9. The van der Waals surface area contributed by atoms with Crippen LogP contribution in [-0.4, -0.2) is 5.91 Å². The smallest absolute Gasteiger partial charge is 0.221 e. The van der Waals surface area contributed by atoms with Crippen LogP contribution in [0.15, 0.2) is 0 Å². The van der Waals surface area contributed by atoms with E-state index in [-0.39, 0.29) is 11.8 Å². The lowest BCUT2D eigenvalue weighted by Crippen LogP contribution is -2.22. The van der Waals surface area contributed by atoms with Crippen LogP contribution in [-0.2, 0) is 4.79 Å². The number of hydrogen-bond acceptors (Lipinski definition) is 1. The van der Waals surface area contributed by atoms with Crippen molar-refractivity contribution in [2.45, 2.75) is 45.4 Å². The molecule has 1 amide bonds. The SMILES string of the molecule is C#CCC(CCCCCC)C(N)=O. The summed E-state index contributed by atoms with van der Waals surface area (Å²) in [5.41, 5.74) is 5.20. The van der Waals surface area contributed by atoms with Crippen LogP contribution in [0.1, 0.15) is 45.4 Å². The molecule has 0 radical (unpaired) electrons. The van der Waals surface area contributed by atoms with Gasteiger partial charge in [-0.1, -0.05) is 32.6 Å². The van der Waals surface area contributed by atoms with Gasteiger partial charge in [0.2, 0.25) is 5.91 Å². The van der Waals surface area contributed by atoms with Gasteiger partial charge in [0, 0.05) is 12.3 Å². The van der Waals surface area contributed by atoms with Crippen molar-refractivity contribution < 1.29 is 4.79 Å². The van der Waals surface area contributed by atoms with Gasteiger partial charge >= 0.3 is 0 Å². The van der Waals surface area contributed by atoms with Crippen LogP contribution < -0.4 is 5.73 Å². The minimum atomic E-state index is -0.255. The normalized spacial score (nSPS) is 12.0. The topological polar surface area (TPSA) is 43.1 Å². The predicted octanol–water partition coefficient (Wildman–Crippen LogP) is 2.08. The van der Waals surface area contributed by atoms with Gasteiger partial charge in [-0.2, -0.15) is 0 Å².